The van der Waals surface area contributed by atoms with Crippen LogP contribution >= 0.6 is 0 Å². The van der Waals surface area contributed by atoms with Crippen molar-refractivity contribution in [3.63, 3.8) is 0 Å². The number of esters is 1. The van der Waals surface area contributed by atoms with Crippen LogP contribution in [-0.4, -0.2) is 61.1 Å². The SMILES string of the molecule is COC(=O)C=C/C=C\CC[C@@H]1[C@@H](CCC2(COc3ccccc3)OCCO2)[C@H](O)C[C@@H]1O. The Bertz CT molecular complexity index is 755. The van der Waals surface area contributed by atoms with Gasteiger partial charge in [0, 0.05) is 12.5 Å². The molecule has 0 bridgehead atoms. The van der Waals surface area contributed by atoms with Gasteiger partial charge in [-0.1, -0.05) is 36.4 Å². The van der Waals surface area contributed by atoms with E-state index in [1.807, 2.05) is 36.4 Å². The molecule has 1 aromatic rings. The molecule has 1 saturated carbocycles. The number of carbonyl (C=O) groups excluding carboxylic acids is 1. The van der Waals surface area contributed by atoms with Crippen LogP contribution < -0.4 is 4.74 Å². The number of para-hydroxylation sites is 1. The van der Waals surface area contributed by atoms with Gasteiger partial charge in [0.15, 0.2) is 0 Å². The molecule has 0 unspecified atom stereocenters. The number of benzene rings is 1. The average molecular weight is 447 g/mol. The number of rotatable bonds is 11. The predicted molar refractivity (Wildman–Crippen MR) is 119 cm³/mol. The molecule has 7 nitrogen and oxygen atoms in total. The van der Waals surface area contributed by atoms with Crippen LogP contribution in [0.25, 0.3) is 0 Å². The van der Waals surface area contributed by atoms with Gasteiger partial charge in [-0.2, -0.15) is 0 Å². The standard InChI is InChI=1S/C25H34O7/c1-29-24(28)12-8-3-2-7-11-20-21(23(27)17-22(20)26)13-14-25(31-15-16-32-25)18-30-19-9-5-4-6-10-19/h2-6,8-10,12,20-23,26-27H,7,11,13-18H2,1H3/b3-2-,12-8?/t20-,21-,22+,23-/m1/s1. The van der Waals surface area contributed by atoms with Crippen molar-refractivity contribution in [2.24, 2.45) is 11.8 Å². The first-order chi connectivity index (χ1) is 15.5. The highest BCUT2D eigenvalue weighted by atomic mass is 16.8. The van der Waals surface area contributed by atoms with Gasteiger partial charge in [0.1, 0.15) is 12.4 Å². The van der Waals surface area contributed by atoms with Crippen LogP contribution in [0.15, 0.2) is 54.6 Å². The summed E-state index contributed by atoms with van der Waals surface area (Å²) in [5.41, 5.74) is 0. The second-order valence-electron chi connectivity index (χ2n) is 8.33. The highest BCUT2D eigenvalue weighted by Crippen LogP contribution is 2.40. The van der Waals surface area contributed by atoms with Gasteiger partial charge in [-0.25, -0.2) is 4.79 Å². The van der Waals surface area contributed by atoms with Crippen LogP contribution in [0.3, 0.4) is 0 Å². The maximum atomic E-state index is 11.1. The van der Waals surface area contributed by atoms with Gasteiger partial charge in [-0.3, -0.25) is 0 Å². The van der Waals surface area contributed by atoms with Crippen molar-refractivity contribution < 1.29 is 34.0 Å². The van der Waals surface area contributed by atoms with E-state index in [9.17, 15) is 15.0 Å². The number of aliphatic hydroxyl groups is 2. The molecule has 1 saturated heterocycles. The molecule has 2 N–H and O–H groups in total. The number of carbonyl (C=O) groups is 1. The quantitative estimate of drug-likeness (QED) is 0.307. The fourth-order valence-corrected chi connectivity index (χ4v) is 4.54. The first-order valence-corrected chi connectivity index (χ1v) is 11.3. The molecule has 1 aromatic carbocycles. The van der Waals surface area contributed by atoms with Crippen LogP contribution in [-0.2, 0) is 19.0 Å². The fraction of sp³-hybridized carbons (Fsp3) is 0.560. The molecule has 1 aliphatic heterocycles. The van der Waals surface area contributed by atoms with Gasteiger partial charge >= 0.3 is 5.97 Å². The van der Waals surface area contributed by atoms with E-state index in [0.717, 1.165) is 18.6 Å². The molecule has 3 rings (SSSR count). The van der Waals surface area contributed by atoms with Crippen molar-refractivity contribution in [2.45, 2.75) is 50.1 Å². The van der Waals surface area contributed by atoms with Gasteiger partial charge in [-0.05, 0) is 49.7 Å². The van der Waals surface area contributed by atoms with Crippen molar-refractivity contribution in [1.82, 2.24) is 0 Å². The van der Waals surface area contributed by atoms with E-state index in [4.69, 9.17) is 14.2 Å². The molecule has 1 heterocycles. The van der Waals surface area contributed by atoms with Crippen molar-refractivity contribution in [3.05, 3.63) is 54.6 Å². The van der Waals surface area contributed by atoms with Gasteiger partial charge in [0.25, 0.3) is 0 Å². The second kappa shape index (κ2) is 12.2. The molecular formula is C25H34O7. The third-order valence-electron chi connectivity index (χ3n) is 6.24. The van der Waals surface area contributed by atoms with Crippen molar-refractivity contribution in [3.8, 4) is 5.75 Å². The van der Waals surface area contributed by atoms with Crippen LogP contribution in [0.2, 0.25) is 0 Å². The summed E-state index contributed by atoms with van der Waals surface area (Å²) >= 11 is 0. The molecule has 2 aliphatic rings. The lowest BCUT2D eigenvalue weighted by atomic mass is 9.85. The first-order valence-electron chi connectivity index (χ1n) is 11.3. The summed E-state index contributed by atoms with van der Waals surface area (Å²) in [5.74, 6) is -0.511. The van der Waals surface area contributed by atoms with Crippen molar-refractivity contribution >= 4 is 5.97 Å². The zero-order valence-electron chi connectivity index (χ0n) is 18.6. The molecule has 0 radical (unpaired) electrons. The van der Waals surface area contributed by atoms with E-state index in [0.29, 0.717) is 32.5 Å². The van der Waals surface area contributed by atoms with Gasteiger partial charge in [-0.15, -0.1) is 0 Å². The summed E-state index contributed by atoms with van der Waals surface area (Å²) in [6.07, 6.45) is 8.79. The minimum Gasteiger partial charge on any atom is -0.488 e. The summed E-state index contributed by atoms with van der Waals surface area (Å²) in [7, 11) is 1.34. The summed E-state index contributed by atoms with van der Waals surface area (Å²) in [5, 5.41) is 21.1. The van der Waals surface area contributed by atoms with Crippen LogP contribution in [0.5, 0.6) is 5.75 Å². The van der Waals surface area contributed by atoms with Crippen LogP contribution in [0, 0.1) is 11.8 Å². The molecule has 176 valence electrons. The topological polar surface area (TPSA) is 94.5 Å². The monoisotopic (exact) mass is 446 g/mol. The largest absolute Gasteiger partial charge is 0.488 e. The zero-order valence-corrected chi connectivity index (χ0v) is 18.6. The third kappa shape index (κ3) is 6.90. The zero-order chi connectivity index (χ0) is 22.8. The normalized spacial score (nSPS) is 27.3. The lowest BCUT2D eigenvalue weighted by Gasteiger charge is -2.30. The Morgan fingerprint density at radius 1 is 1.09 bits per heavy atom. The Kier molecular flexibility index (Phi) is 9.29. The summed E-state index contributed by atoms with van der Waals surface area (Å²) in [6, 6.07) is 9.55. The minimum absolute atomic E-state index is 0.00673. The van der Waals surface area contributed by atoms with E-state index in [1.165, 1.54) is 13.2 Å². The van der Waals surface area contributed by atoms with Crippen LogP contribution in [0.4, 0.5) is 0 Å². The number of allylic oxidation sites excluding steroid dienone is 3. The van der Waals surface area contributed by atoms with E-state index < -0.39 is 24.0 Å². The molecule has 0 spiro atoms. The van der Waals surface area contributed by atoms with Gasteiger partial charge < -0.3 is 29.2 Å². The van der Waals surface area contributed by atoms with E-state index in [1.54, 1.807) is 12.2 Å². The highest BCUT2D eigenvalue weighted by molar-refractivity contribution is 5.82. The molecule has 2 fully saturated rings. The average Bonchev–Trinajstić information content (AvgIpc) is 3.38. The Balaban J connectivity index is 1.53. The number of hydrogen-bond donors (Lipinski definition) is 2. The maximum absolute atomic E-state index is 11.1. The number of ether oxygens (including phenoxy) is 4. The Hall–Kier alpha value is -2.19. The lowest BCUT2D eigenvalue weighted by molar-refractivity contribution is -0.185. The number of methoxy groups -OCH3 is 1. The van der Waals surface area contributed by atoms with Crippen molar-refractivity contribution in [1.29, 1.82) is 0 Å². The predicted octanol–water partition coefficient (Wildman–Crippen LogP) is 3.01. The molecule has 0 aromatic heterocycles. The van der Waals surface area contributed by atoms with Crippen LogP contribution in [0.1, 0.15) is 32.1 Å². The van der Waals surface area contributed by atoms with Gasteiger partial charge in [0.05, 0.1) is 32.5 Å². The molecular weight excluding hydrogens is 412 g/mol. The lowest BCUT2D eigenvalue weighted by Crippen LogP contribution is -2.38. The number of aliphatic hydroxyl groups excluding tert-OH is 2. The highest BCUT2D eigenvalue weighted by Gasteiger charge is 2.44. The van der Waals surface area contributed by atoms with E-state index in [-0.39, 0.29) is 18.4 Å². The first kappa shape index (κ1) is 24.5. The molecule has 4 atom stereocenters. The third-order valence-corrected chi connectivity index (χ3v) is 6.24. The molecule has 32 heavy (non-hydrogen) atoms. The molecule has 0 amide bonds. The second-order valence-corrected chi connectivity index (χ2v) is 8.33. The van der Waals surface area contributed by atoms with Crippen molar-refractivity contribution in [2.75, 3.05) is 26.9 Å². The summed E-state index contributed by atoms with van der Waals surface area (Å²) < 4.78 is 22.3. The Morgan fingerprint density at radius 3 is 2.47 bits per heavy atom. The Labute approximate surface area is 189 Å². The van der Waals surface area contributed by atoms with E-state index in [2.05, 4.69) is 4.74 Å². The molecule has 1 aliphatic carbocycles. The smallest absolute Gasteiger partial charge is 0.330 e. The summed E-state index contributed by atoms with van der Waals surface area (Å²) in [6.45, 7) is 1.31. The van der Waals surface area contributed by atoms with E-state index >= 15 is 0 Å². The minimum atomic E-state index is -0.827. The Morgan fingerprint density at radius 2 is 1.78 bits per heavy atom. The van der Waals surface area contributed by atoms with Gasteiger partial charge in [0.2, 0.25) is 5.79 Å². The molecule has 7 heteroatoms. The summed E-state index contributed by atoms with van der Waals surface area (Å²) in [4.78, 5) is 11.1. The fourth-order valence-electron chi connectivity index (χ4n) is 4.54. The maximum Gasteiger partial charge on any atom is 0.330 e. The number of hydrogen-bond acceptors (Lipinski definition) is 7.